The van der Waals surface area contributed by atoms with Crippen molar-refractivity contribution < 1.29 is 34.5 Å². The number of aromatic hydroxyl groups is 1. The number of hydrogen-bond acceptors (Lipinski definition) is 2. The zero-order chi connectivity index (χ0) is 9.84. The van der Waals surface area contributed by atoms with Gasteiger partial charge in [0.15, 0.2) is 0 Å². The number of hydrogen-bond donors (Lipinski definition) is 2. The summed E-state index contributed by atoms with van der Waals surface area (Å²) in [4.78, 5) is 10.6. The van der Waals surface area contributed by atoms with E-state index >= 15 is 0 Å². The minimum atomic E-state index is -0.995. The molecule has 0 fully saturated rings. The van der Waals surface area contributed by atoms with E-state index in [0.717, 1.165) is 0 Å². The van der Waals surface area contributed by atoms with Crippen LogP contribution in [0.1, 0.15) is 15.9 Å². The van der Waals surface area contributed by atoms with E-state index < -0.39 is 5.97 Å². The Balaban J connectivity index is 0.00000169. The van der Waals surface area contributed by atoms with Gasteiger partial charge in [0.05, 0.1) is 5.56 Å². The third kappa shape index (κ3) is 2.96. The first-order chi connectivity index (χ1) is 6.15. The molecular formula is C10H10O3Zn. The molecule has 0 aliphatic carbocycles. The number of phenols is 1. The number of phenolic OH excluding ortho intramolecular Hbond substituents is 1. The molecule has 3 nitrogen and oxygen atoms in total. The van der Waals surface area contributed by atoms with E-state index in [1.807, 2.05) is 0 Å². The Hall–Kier alpha value is -1.15. The largest absolute Gasteiger partial charge is 0.508 e. The number of allylic oxidation sites excluding steroid dienone is 1. The normalized spacial score (nSPS) is 8.86. The van der Waals surface area contributed by atoms with Gasteiger partial charge >= 0.3 is 5.97 Å². The van der Waals surface area contributed by atoms with Gasteiger partial charge in [-0.3, -0.25) is 0 Å². The van der Waals surface area contributed by atoms with Crippen LogP contribution in [0, 0.1) is 0 Å². The van der Waals surface area contributed by atoms with Crippen LogP contribution in [0.3, 0.4) is 0 Å². The van der Waals surface area contributed by atoms with Crippen molar-refractivity contribution in [1.82, 2.24) is 0 Å². The van der Waals surface area contributed by atoms with Crippen molar-refractivity contribution in [2.24, 2.45) is 0 Å². The standard InChI is InChI=1S/C10H10O3.Zn/c1-2-3-7-6-8(10(12)13)4-5-9(7)11;/h2,4-6,11H,1,3H2,(H,12,13);. The van der Waals surface area contributed by atoms with Crippen LogP contribution in [0.25, 0.3) is 0 Å². The minimum Gasteiger partial charge on any atom is -0.508 e. The summed E-state index contributed by atoms with van der Waals surface area (Å²) in [5.74, 6) is -0.893. The molecule has 0 saturated carbocycles. The number of benzene rings is 1. The summed E-state index contributed by atoms with van der Waals surface area (Å²) in [6.07, 6.45) is 2.08. The van der Waals surface area contributed by atoms with Crippen LogP contribution < -0.4 is 0 Å². The monoisotopic (exact) mass is 242 g/mol. The van der Waals surface area contributed by atoms with Crippen LogP contribution in [0.4, 0.5) is 0 Å². The molecule has 0 aliphatic rings. The van der Waals surface area contributed by atoms with Gasteiger partial charge in [0.2, 0.25) is 0 Å². The maximum Gasteiger partial charge on any atom is 0.335 e. The fourth-order valence-corrected chi connectivity index (χ4v) is 1.04. The van der Waals surface area contributed by atoms with Gasteiger partial charge in [-0.15, -0.1) is 6.58 Å². The van der Waals surface area contributed by atoms with Crippen molar-refractivity contribution >= 4 is 5.97 Å². The maximum absolute atomic E-state index is 10.6. The van der Waals surface area contributed by atoms with E-state index in [9.17, 15) is 9.90 Å². The maximum atomic E-state index is 10.6. The van der Waals surface area contributed by atoms with E-state index in [2.05, 4.69) is 6.58 Å². The van der Waals surface area contributed by atoms with Crippen molar-refractivity contribution in [2.75, 3.05) is 0 Å². The molecule has 2 N–H and O–H groups in total. The molecule has 0 aliphatic heterocycles. The Kier molecular flexibility index (Phi) is 5.10. The van der Waals surface area contributed by atoms with Crippen LogP contribution in [0.2, 0.25) is 0 Å². The van der Waals surface area contributed by atoms with Crippen LogP contribution in [-0.2, 0) is 25.9 Å². The van der Waals surface area contributed by atoms with E-state index in [1.54, 1.807) is 6.08 Å². The second-order valence-electron chi connectivity index (χ2n) is 2.64. The molecular weight excluding hydrogens is 233 g/mol. The fraction of sp³-hybridized carbons (Fsp3) is 0.100. The first-order valence-corrected chi connectivity index (χ1v) is 3.81. The van der Waals surface area contributed by atoms with Gasteiger partial charge in [-0.05, 0) is 30.2 Å². The SMILES string of the molecule is C=CCc1cc(C(=O)O)ccc1O.[Zn]. The van der Waals surface area contributed by atoms with Gasteiger partial charge in [-0.25, -0.2) is 4.79 Å². The van der Waals surface area contributed by atoms with Gasteiger partial charge in [0, 0.05) is 19.5 Å². The summed E-state index contributed by atoms with van der Waals surface area (Å²) < 4.78 is 0. The van der Waals surface area contributed by atoms with E-state index in [0.29, 0.717) is 12.0 Å². The molecule has 1 aromatic rings. The molecule has 0 spiro atoms. The molecule has 70 valence electrons. The Bertz CT molecular complexity index is 347. The predicted molar refractivity (Wildman–Crippen MR) is 49.0 cm³/mol. The van der Waals surface area contributed by atoms with Gasteiger partial charge in [0.1, 0.15) is 5.75 Å². The second kappa shape index (κ2) is 5.56. The van der Waals surface area contributed by atoms with Crippen LogP contribution >= 0.6 is 0 Å². The predicted octanol–water partition coefficient (Wildman–Crippen LogP) is 1.82. The summed E-state index contributed by atoms with van der Waals surface area (Å²) in [7, 11) is 0. The molecule has 0 bridgehead atoms. The third-order valence-corrected chi connectivity index (χ3v) is 1.69. The topological polar surface area (TPSA) is 57.5 Å². The number of rotatable bonds is 3. The molecule has 1 aromatic carbocycles. The summed E-state index contributed by atoms with van der Waals surface area (Å²) in [5.41, 5.74) is 0.754. The average Bonchev–Trinajstić information content (AvgIpc) is 2.08. The van der Waals surface area contributed by atoms with E-state index in [-0.39, 0.29) is 30.8 Å². The number of carboxylic acid groups (broad SMARTS) is 1. The average molecular weight is 244 g/mol. The summed E-state index contributed by atoms with van der Waals surface area (Å²) in [6, 6.07) is 4.19. The van der Waals surface area contributed by atoms with Gasteiger partial charge < -0.3 is 10.2 Å². The zero-order valence-corrected chi connectivity index (χ0v) is 10.7. The van der Waals surface area contributed by atoms with E-state index in [4.69, 9.17) is 5.11 Å². The number of carbonyl (C=O) groups is 1. The smallest absolute Gasteiger partial charge is 0.335 e. The quantitative estimate of drug-likeness (QED) is 0.629. The summed E-state index contributed by atoms with van der Waals surface area (Å²) in [5, 5.41) is 18.0. The Morgan fingerprint density at radius 2 is 2.14 bits per heavy atom. The minimum absolute atomic E-state index is 0. The summed E-state index contributed by atoms with van der Waals surface area (Å²) in [6.45, 7) is 3.51. The molecule has 0 amide bonds. The number of carboxylic acids is 1. The second-order valence-corrected chi connectivity index (χ2v) is 2.64. The molecule has 4 heteroatoms. The van der Waals surface area contributed by atoms with Gasteiger partial charge in [-0.2, -0.15) is 0 Å². The van der Waals surface area contributed by atoms with Crippen LogP contribution in [-0.4, -0.2) is 16.2 Å². The van der Waals surface area contributed by atoms with Crippen molar-refractivity contribution in [3.05, 3.63) is 42.0 Å². The molecule has 0 unspecified atom stereocenters. The molecule has 1 rings (SSSR count). The van der Waals surface area contributed by atoms with Crippen LogP contribution in [0.5, 0.6) is 5.75 Å². The number of aromatic carboxylic acids is 1. The third-order valence-electron chi connectivity index (χ3n) is 1.69. The molecule has 14 heavy (non-hydrogen) atoms. The zero-order valence-electron chi connectivity index (χ0n) is 7.73. The Labute approximate surface area is 94.8 Å². The Morgan fingerprint density at radius 3 is 2.64 bits per heavy atom. The van der Waals surface area contributed by atoms with Crippen molar-refractivity contribution in [2.45, 2.75) is 6.42 Å². The Morgan fingerprint density at radius 1 is 1.50 bits per heavy atom. The molecule has 0 heterocycles. The van der Waals surface area contributed by atoms with Crippen molar-refractivity contribution in [1.29, 1.82) is 0 Å². The summed E-state index contributed by atoms with van der Waals surface area (Å²) >= 11 is 0. The first kappa shape index (κ1) is 12.9. The van der Waals surface area contributed by atoms with E-state index in [1.165, 1.54) is 18.2 Å². The first-order valence-electron chi connectivity index (χ1n) is 3.81. The van der Waals surface area contributed by atoms with Crippen molar-refractivity contribution in [3.8, 4) is 5.75 Å². The molecule has 0 saturated heterocycles. The van der Waals surface area contributed by atoms with Gasteiger partial charge in [0.25, 0.3) is 0 Å². The van der Waals surface area contributed by atoms with Crippen LogP contribution in [0.15, 0.2) is 30.9 Å². The molecule has 0 radical (unpaired) electrons. The molecule has 0 aromatic heterocycles. The molecule has 0 atom stereocenters. The van der Waals surface area contributed by atoms with Crippen molar-refractivity contribution in [3.63, 3.8) is 0 Å². The fourth-order valence-electron chi connectivity index (χ4n) is 1.04. The van der Waals surface area contributed by atoms with Gasteiger partial charge in [-0.1, -0.05) is 6.08 Å².